The fourth-order valence-corrected chi connectivity index (χ4v) is 1.52. The SMILES string of the molecule is CN(C)c1cc(OCC2CO2)cc(N(C)C)c1. The Balaban J connectivity index is 2.16. The molecule has 1 aromatic carbocycles. The van der Waals surface area contributed by atoms with Crippen LogP contribution in [0, 0.1) is 0 Å². The van der Waals surface area contributed by atoms with Crippen molar-refractivity contribution >= 4 is 11.4 Å². The van der Waals surface area contributed by atoms with Gasteiger partial charge in [-0.3, -0.25) is 0 Å². The van der Waals surface area contributed by atoms with Crippen molar-refractivity contribution in [2.45, 2.75) is 6.10 Å². The number of hydrogen-bond acceptors (Lipinski definition) is 4. The van der Waals surface area contributed by atoms with Gasteiger partial charge in [0.2, 0.25) is 0 Å². The van der Waals surface area contributed by atoms with Crippen molar-refractivity contribution < 1.29 is 9.47 Å². The van der Waals surface area contributed by atoms with E-state index in [1.807, 2.05) is 28.2 Å². The number of rotatable bonds is 5. The monoisotopic (exact) mass is 236 g/mol. The van der Waals surface area contributed by atoms with Crippen LogP contribution >= 0.6 is 0 Å². The maximum Gasteiger partial charge on any atom is 0.123 e. The molecule has 0 spiro atoms. The van der Waals surface area contributed by atoms with Crippen LogP contribution in [0.1, 0.15) is 0 Å². The maximum absolute atomic E-state index is 5.73. The van der Waals surface area contributed by atoms with Crippen molar-refractivity contribution in [3.8, 4) is 5.75 Å². The minimum atomic E-state index is 0.292. The summed E-state index contributed by atoms with van der Waals surface area (Å²) >= 11 is 0. The van der Waals surface area contributed by atoms with E-state index >= 15 is 0 Å². The first-order valence-electron chi connectivity index (χ1n) is 5.80. The molecule has 4 heteroatoms. The zero-order valence-electron chi connectivity index (χ0n) is 10.9. The molecule has 0 bridgehead atoms. The van der Waals surface area contributed by atoms with Crippen molar-refractivity contribution in [2.24, 2.45) is 0 Å². The lowest BCUT2D eigenvalue weighted by Gasteiger charge is -2.19. The molecule has 1 atom stereocenters. The minimum Gasteiger partial charge on any atom is -0.491 e. The highest BCUT2D eigenvalue weighted by molar-refractivity contribution is 5.62. The third kappa shape index (κ3) is 3.27. The lowest BCUT2D eigenvalue weighted by Crippen LogP contribution is -2.13. The van der Waals surface area contributed by atoms with Gasteiger partial charge >= 0.3 is 0 Å². The molecule has 1 fully saturated rings. The van der Waals surface area contributed by atoms with Gasteiger partial charge in [0.15, 0.2) is 0 Å². The Kier molecular flexibility index (Phi) is 3.43. The van der Waals surface area contributed by atoms with Crippen LogP contribution in [0.25, 0.3) is 0 Å². The highest BCUT2D eigenvalue weighted by Gasteiger charge is 2.23. The predicted octanol–water partition coefficient (Wildman–Crippen LogP) is 1.60. The van der Waals surface area contributed by atoms with Crippen molar-refractivity contribution in [1.29, 1.82) is 0 Å². The van der Waals surface area contributed by atoms with E-state index in [9.17, 15) is 0 Å². The maximum atomic E-state index is 5.73. The van der Waals surface area contributed by atoms with E-state index in [0.717, 1.165) is 23.7 Å². The molecule has 0 aliphatic carbocycles. The molecule has 0 amide bonds. The third-order valence-electron chi connectivity index (χ3n) is 2.75. The molecular formula is C13H20N2O2. The third-order valence-corrected chi connectivity index (χ3v) is 2.75. The highest BCUT2D eigenvalue weighted by Crippen LogP contribution is 2.28. The Morgan fingerprint density at radius 1 is 1.12 bits per heavy atom. The van der Waals surface area contributed by atoms with E-state index in [0.29, 0.717) is 12.7 Å². The smallest absolute Gasteiger partial charge is 0.123 e. The van der Waals surface area contributed by atoms with Gasteiger partial charge in [0.25, 0.3) is 0 Å². The van der Waals surface area contributed by atoms with Gasteiger partial charge in [-0.2, -0.15) is 0 Å². The topological polar surface area (TPSA) is 28.2 Å². The summed E-state index contributed by atoms with van der Waals surface area (Å²) in [6, 6.07) is 6.24. The molecule has 4 nitrogen and oxygen atoms in total. The van der Waals surface area contributed by atoms with E-state index in [1.165, 1.54) is 0 Å². The summed E-state index contributed by atoms with van der Waals surface area (Å²) in [5.74, 6) is 0.899. The summed E-state index contributed by atoms with van der Waals surface area (Å²) in [5, 5.41) is 0. The molecular weight excluding hydrogens is 216 g/mol. The van der Waals surface area contributed by atoms with Crippen molar-refractivity contribution in [3.63, 3.8) is 0 Å². The van der Waals surface area contributed by atoms with Crippen LogP contribution in [-0.4, -0.2) is 47.5 Å². The highest BCUT2D eigenvalue weighted by atomic mass is 16.6. The number of nitrogens with zero attached hydrogens (tertiary/aromatic N) is 2. The standard InChI is InChI=1S/C13H20N2O2/c1-14(2)10-5-11(15(3)4)7-12(6-10)16-8-13-9-17-13/h5-7,13H,8-9H2,1-4H3. The van der Waals surface area contributed by atoms with Crippen LogP contribution in [0.15, 0.2) is 18.2 Å². The minimum absolute atomic E-state index is 0.292. The second kappa shape index (κ2) is 4.84. The number of benzene rings is 1. The van der Waals surface area contributed by atoms with Crippen molar-refractivity contribution in [2.75, 3.05) is 51.2 Å². The Morgan fingerprint density at radius 3 is 2.06 bits per heavy atom. The van der Waals surface area contributed by atoms with Gasteiger partial charge < -0.3 is 19.3 Å². The molecule has 0 saturated carbocycles. The molecule has 1 unspecified atom stereocenters. The second-order valence-electron chi connectivity index (χ2n) is 4.74. The molecule has 2 rings (SSSR count). The van der Waals surface area contributed by atoms with Gasteiger partial charge in [0, 0.05) is 51.7 Å². The fourth-order valence-electron chi connectivity index (χ4n) is 1.52. The van der Waals surface area contributed by atoms with Gasteiger partial charge in [0.05, 0.1) is 6.61 Å². The van der Waals surface area contributed by atoms with Crippen molar-refractivity contribution in [1.82, 2.24) is 0 Å². The van der Waals surface area contributed by atoms with Crippen LogP contribution in [0.3, 0.4) is 0 Å². The van der Waals surface area contributed by atoms with Crippen molar-refractivity contribution in [3.05, 3.63) is 18.2 Å². The van der Waals surface area contributed by atoms with Gasteiger partial charge in [-0.15, -0.1) is 0 Å². The predicted molar refractivity (Wildman–Crippen MR) is 70.3 cm³/mol. The van der Waals surface area contributed by atoms with E-state index < -0.39 is 0 Å². The van der Waals surface area contributed by atoms with E-state index in [-0.39, 0.29) is 0 Å². The van der Waals surface area contributed by atoms with Crippen LogP contribution < -0.4 is 14.5 Å². The fraction of sp³-hybridized carbons (Fsp3) is 0.538. The van der Waals surface area contributed by atoms with Crippen LogP contribution in [0.4, 0.5) is 11.4 Å². The quantitative estimate of drug-likeness (QED) is 0.726. The Bertz CT molecular complexity index is 361. The van der Waals surface area contributed by atoms with E-state index in [4.69, 9.17) is 9.47 Å². The lowest BCUT2D eigenvalue weighted by atomic mass is 10.2. The van der Waals surface area contributed by atoms with Gasteiger partial charge in [0.1, 0.15) is 18.5 Å². The first kappa shape index (κ1) is 12.0. The zero-order valence-corrected chi connectivity index (χ0v) is 10.9. The zero-order chi connectivity index (χ0) is 12.4. The number of ether oxygens (including phenoxy) is 2. The Labute approximate surface area is 103 Å². The molecule has 0 N–H and O–H groups in total. The number of anilines is 2. The van der Waals surface area contributed by atoms with Gasteiger partial charge in [-0.1, -0.05) is 0 Å². The van der Waals surface area contributed by atoms with Crippen LogP contribution in [0.5, 0.6) is 5.75 Å². The van der Waals surface area contributed by atoms with E-state index in [1.54, 1.807) is 0 Å². The normalized spacial score (nSPS) is 17.8. The summed E-state index contributed by atoms with van der Waals surface area (Å²) in [6.45, 7) is 1.47. The second-order valence-corrected chi connectivity index (χ2v) is 4.74. The lowest BCUT2D eigenvalue weighted by molar-refractivity contribution is 0.263. The average Bonchev–Trinajstić information content (AvgIpc) is 3.09. The molecule has 1 aliphatic rings. The molecule has 1 aromatic rings. The van der Waals surface area contributed by atoms with Crippen LogP contribution in [0.2, 0.25) is 0 Å². The molecule has 17 heavy (non-hydrogen) atoms. The van der Waals surface area contributed by atoms with Gasteiger partial charge in [-0.05, 0) is 6.07 Å². The first-order chi connectivity index (χ1) is 8.06. The summed E-state index contributed by atoms with van der Waals surface area (Å²) < 4.78 is 10.9. The summed E-state index contributed by atoms with van der Waals surface area (Å²) in [4.78, 5) is 4.15. The first-order valence-corrected chi connectivity index (χ1v) is 5.80. The molecule has 1 heterocycles. The molecule has 94 valence electrons. The summed E-state index contributed by atoms with van der Waals surface area (Å²) in [7, 11) is 8.12. The average molecular weight is 236 g/mol. The molecule has 1 saturated heterocycles. The number of epoxide rings is 1. The summed E-state index contributed by atoms with van der Waals surface area (Å²) in [5.41, 5.74) is 2.28. The molecule has 1 aliphatic heterocycles. The van der Waals surface area contributed by atoms with Crippen LogP contribution in [-0.2, 0) is 4.74 Å². The molecule has 0 radical (unpaired) electrons. The number of hydrogen-bond donors (Lipinski definition) is 0. The van der Waals surface area contributed by atoms with Gasteiger partial charge in [-0.25, -0.2) is 0 Å². The largest absolute Gasteiger partial charge is 0.491 e. The summed E-state index contributed by atoms with van der Waals surface area (Å²) in [6.07, 6.45) is 0.292. The van der Waals surface area contributed by atoms with E-state index in [2.05, 4.69) is 28.0 Å². The Hall–Kier alpha value is -1.42. The molecule has 0 aromatic heterocycles. The Morgan fingerprint density at radius 2 is 1.65 bits per heavy atom.